The molecule has 3 aromatic rings. The average Bonchev–Trinajstić information content (AvgIpc) is 2.85. The number of rotatable bonds is 5. The lowest BCUT2D eigenvalue weighted by molar-refractivity contribution is 0.604. The molecule has 0 bridgehead atoms. The number of para-hydroxylation sites is 1. The molecule has 3 nitrogen and oxygen atoms in total. The molecule has 2 aromatic carbocycles. The van der Waals surface area contributed by atoms with Crippen molar-refractivity contribution in [1.82, 2.24) is 9.78 Å². The van der Waals surface area contributed by atoms with Crippen molar-refractivity contribution in [2.75, 3.05) is 0 Å². The molecule has 108 valence electrons. The molecule has 3 heteroatoms. The van der Waals surface area contributed by atoms with E-state index in [9.17, 15) is 0 Å². The fraction of sp³-hybridized carbons (Fsp3) is 0.278. The minimum Gasteiger partial charge on any atom is -0.324 e. The molecule has 0 spiro atoms. The summed E-state index contributed by atoms with van der Waals surface area (Å²) in [5, 5.41) is 5.89. The summed E-state index contributed by atoms with van der Waals surface area (Å²) in [6.45, 7) is 0. The number of aromatic nitrogens is 2. The van der Waals surface area contributed by atoms with Gasteiger partial charge in [0.2, 0.25) is 0 Å². The number of aryl methyl sites for hydroxylation is 2. The molecule has 1 aromatic heterocycles. The summed E-state index contributed by atoms with van der Waals surface area (Å²) in [5.41, 5.74) is 9.83. The van der Waals surface area contributed by atoms with Gasteiger partial charge in [-0.3, -0.25) is 4.68 Å². The van der Waals surface area contributed by atoms with Gasteiger partial charge in [0.05, 0.1) is 11.2 Å². The van der Waals surface area contributed by atoms with E-state index in [2.05, 4.69) is 41.5 Å². The number of benzene rings is 2. The largest absolute Gasteiger partial charge is 0.324 e. The normalized spacial score (nSPS) is 12.7. The van der Waals surface area contributed by atoms with E-state index in [1.54, 1.807) is 0 Å². The zero-order valence-electron chi connectivity index (χ0n) is 12.4. The van der Waals surface area contributed by atoms with Crippen LogP contribution in [0.2, 0.25) is 0 Å². The predicted molar refractivity (Wildman–Crippen MR) is 87.0 cm³/mol. The Morgan fingerprint density at radius 3 is 2.57 bits per heavy atom. The zero-order chi connectivity index (χ0) is 14.7. The minimum absolute atomic E-state index is 0.112. The van der Waals surface area contributed by atoms with E-state index in [-0.39, 0.29) is 6.04 Å². The van der Waals surface area contributed by atoms with Crippen LogP contribution in [-0.2, 0) is 13.5 Å². The van der Waals surface area contributed by atoms with E-state index in [4.69, 9.17) is 5.73 Å². The average molecular weight is 279 g/mol. The number of nitrogens with zero attached hydrogens (tertiary/aromatic N) is 2. The maximum atomic E-state index is 6.25. The summed E-state index contributed by atoms with van der Waals surface area (Å²) in [6.07, 6.45) is 3.01. The first-order valence-electron chi connectivity index (χ1n) is 7.47. The van der Waals surface area contributed by atoms with Crippen molar-refractivity contribution in [2.45, 2.75) is 25.3 Å². The zero-order valence-corrected chi connectivity index (χ0v) is 12.4. The van der Waals surface area contributed by atoms with Crippen molar-refractivity contribution in [3.63, 3.8) is 0 Å². The van der Waals surface area contributed by atoms with E-state index >= 15 is 0 Å². The van der Waals surface area contributed by atoms with Gasteiger partial charge in [0.15, 0.2) is 0 Å². The van der Waals surface area contributed by atoms with Crippen LogP contribution in [0.4, 0.5) is 0 Å². The minimum atomic E-state index is 0.112. The lowest BCUT2D eigenvalue weighted by Crippen LogP contribution is -2.10. The van der Waals surface area contributed by atoms with Crippen LogP contribution in [0.25, 0.3) is 10.9 Å². The van der Waals surface area contributed by atoms with Crippen molar-refractivity contribution in [3.8, 4) is 0 Å². The Labute approximate surface area is 125 Å². The van der Waals surface area contributed by atoms with Gasteiger partial charge in [0.1, 0.15) is 0 Å². The summed E-state index contributed by atoms with van der Waals surface area (Å²) >= 11 is 0. The maximum absolute atomic E-state index is 6.25. The van der Waals surface area contributed by atoms with Crippen LogP contribution >= 0.6 is 0 Å². The molecule has 1 unspecified atom stereocenters. The van der Waals surface area contributed by atoms with Gasteiger partial charge in [0, 0.05) is 18.5 Å². The molecule has 1 heterocycles. The second kappa shape index (κ2) is 6.10. The highest BCUT2D eigenvalue weighted by atomic mass is 15.3. The summed E-state index contributed by atoms with van der Waals surface area (Å²) in [7, 11) is 2.00. The number of hydrogen-bond acceptors (Lipinski definition) is 2. The highest BCUT2D eigenvalue weighted by Gasteiger charge is 2.09. The first-order valence-corrected chi connectivity index (χ1v) is 7.47. The molecule has 0 aliphatic heterocycles. The molecule has 3 rings (SSSR count). The maximum Gasteiger partial charge on any atom is 0.0703 e. The van der Waals surface area contributed by atoms with E-state index in [1.165, 1.54) is 22.2 Å². The third kappa shape index (κ3) is 2.98. The van der Waals surface area contributed by atoms with E-state index in [0.717, 1.165) is 19.3 Å². The number of fused-ring (bicyclic) bond motifs is 1. The molecule has 2 N–H and O–H groups in total. The Kier molecular flexibility index (Phi) is 4.02. The Balaban J connectivity index is 1.65. The molecular formula is C18H21N3. The number of nitrogens with two attached hydrogens (primary N) is 1. The molecule has 0 amide bonds. The van der Waals surface area contributed by atoms with Crippen molar-refractivity contribution < 1.29 is 0 Å². The Bertz CT molecular complexity index is 716. The third-order valence-corrected chi connectivity index (χ3v) is 3.99. The Morgan fingerprint density at radius 1 is 1.05 bits per heavy atom. The molecule has 0 saturated heterocycles. The van der Waals surface area contributed by atoms with Crippen LogP contribution in [0.5, 0.6) is 0 Å². The van der Waals surface area contributed by atoms with Crippen LogP contribution in [0.3, 0.4) is 0 Å². The van der Waals surface area contributed by atoms with Crippen LogP contribution in [0.15, 0.2) is 54.6 Å². The predicted octanol–water partition coefficient (Wildman–Crippen LogP) is 3.60. The molecular weight excluding hydrogens is 258 g/mol. The second-order valence-corrected chi connectivity index (χ2v) is 5.50. The lowest BCUT2D eigenvalue weighted by Gasteiger charge is -2.11. The van der Waals surface area contributed by atoms with E-state index < -0.39 is 0 Å². The van der Waals surface area contributed by atoms with E-state index in [1.807, 2.05) is 29.9 Å². The van der Waals surface area contributed by atoms with Gasteiger partial charge in [-0.1, -0.05) is 48.5 Å². The fourth-order valence-electron chi connectivity index (χ4n) is 2.83. The van der Waals surface area contributed by atoms with Crippen molar-refractivity contribution in [2.24, 2.45) is 12.8 Å². The highest BCUT2D eigenvalue weighted by molar-refractivity contribution is 5.81. The van der Waals surface area contributed by atoms with Gasteiger partial charge in [-0.25, -0.2) is 0 Å². The van der Waals surface area contributed by atoms with Gasteiger partial charge < -0.3 is 5.73 Å². The highest BCUT2D eigenvalue weighted by Crippen LogP contribution is 2.21. The quantitative estimate of drug-likeness (QED) is 0.775. The van der Waals surface area contributed by atoms with Gasteiger partial charge in [0.25, 0.3) is 0 Å². The molecule has 0 aliphatic carbocycles. The molecule has 0 aliphatic rings. The summed E-state index contributed by atoms with van der Waals surface area (Å²) in [5.74, 6) is 0. The topological polar surface area (TPSA) is 43.8 Å². The summed E-state index contributed by atoms with van der Waals surface area (Å²) < 4.78 is 1.96. The molecule has 0 fully saturated rings. The second-order valence-electron chi connectivity index (χ2n) is 5.50. The van der Waals surface area contributed by atoms with Crippen molar-refractivity contribution >= 4 is 10.9 Å². The van der Waals surface area contributed by atoms with Crippen LogP contribution < -0.4 is 5.73 Å². The summed E-state index contributed by atoms with van der Waals surface area (Å²) in [6, 6.07) is 18.8. The number of hydrogen-bond donors (Lipinski definition) is 1. The molecule has 0 saturated carbocycles. The van der Waals surface area contributed by atoms with Gasteiger partial charge in [-0.15, -0.1) is 0 Å². The van der Waals surface area contributed by atoms with Crippen LogP contribution in [0.1, 0.15) is 30.1 Å². The first-order chi connectivity index (χ1) is 10.3. The van der Waals surface area contributed by atoms with Crippen LogP contribution in [0, 0.1) is 0 Å². The SMILES string of the molecule is Cn1nc(CCCC(N)c2ccccc2)c2ccccc21. The first kappa shape index (κ1) is 13.8. The monoisotopic (exact) mass is 279 g/mol. The standard InChI is InChI=1S/C18H21N3/c1-21-18-13-6-5-10-15(18)17(20-21)12-7-11-16(19)14-8-3-2-4-9-14/h2-6,8-10,13,16H,7,11-12,19H2,1H3. The van der Waals surface area contributed by atoms with Gasteiger partial charge in [-0.05, 0) is 30.9 Å². The molecule has 21 heavy (non-hydrogen) atoms. The van der Waals surface area contributed by atoms with Crippen molar-refractivity contribution in [3.05, 3.63) is 65.9 Å². The molecule has 1 atom stereocenters. The Hall–Kier alpha value is -2.13. The van der Waals surface area contributed by atoms with Gasteiger partial charge in [-0.2, -0.15) is 5.10 Å². The summed E-state index contributed by atoms with van der Waals surface area (Å²) in [4.78, 5) is 0. The Morgan fingerprint density at radius 2 is 1.76 bits per heavy atom. The molecule has 0 radical (unpaired) electrons. The van der Waals surface area contributed by atoms with E-state index in [0.29, 0.717) is 0 Å². The van der Waals surface area contributed by atoms with Gasteiger partial charge >= 0.3 is 0 Å². The lowest BCUT2D eigenvalue weighted by atomic mass is 10.0. The van der Waals surface area contributed by atoms with Crippen LogP contribution in [-0.4, -0.2) is 9.78 Å². The fourth-order valence-corrected chi connectivity index (χ4v) is 2.83. The van der Waals surface area contributed by atoms with Crippen molar-refractivity contribution in [1.29, 1.82) is 0 Å². The smallest absolute Gasteiger partial charge is 0.0703 e. The third-order valence-electron chi connectivity index (χ3n) is 3.99.